The van der Waals surface area contributed by atoms with Crippen LogP contribution in [0.1, 0.15) is 53.4 Å². The molecule has 0 amide bonds. The number of rotatable bonds is 5. The summed E-state index contributed by atoms with van der Waals surface area (Å²) in [6.45, 7) is 15.2. The highest BCUT2D eigenvalue weighted by atomic mass is 16.6. The van der Waals surface area contributed by atoms with Gasteiger partial charge >= 0.3 is 23.9 Å². The lowest BCUT2D eigenvalue weighted by molar-refractivity contribution is -0.171. The molecule has 2 aliphatic heterocycles. The second-order valence-electron chi connectivity index (χ2n) is 13.8. The predicted octanol–water partition coefficient (Wildman–Crippen LogP) is 3.39. The van der Waals surface area contributed by atoms with E-state index in [9.17, 15) is 28.8 Å². The normalized spacial score (nSPS) is 43.8. The molecule has 4 aliphatic carbocycles. The minimum atomic E-state index is -1.13. The summed E-state index contributed by atoms with van der Waals surface area (Å²) in [5, 5.41) is 0. The Morgan fingerprint density at radius 3 is 1.48 bits per heavy atom. The molecule has 10 nitrogen and oxygen atoms in total. The Kier molecular flexibility index (Phi) is 7.13. The monoisotopic (exact) mass is 606 g/mol. The third kappa shape index (κ3) is 4.27. The van der Waals surface area contributed by atoms with Crippen molar-refractivity contribution in [1.82, 2.24) is 0 Å². The molecule has 2 heterocycles. The lowest BCUT2D eigenvalue weighted by Gasteiger charge is -2.40. The maximum absolute atomic E-state index is 13.3. The van der Waals surface area contributed by atoms with Gasteiger partial charge in [0.2, 0.25) is 0 Å². The number of carbonyl (C=O) groups excluding carboxylic acids is 6. The van der Waals surface area contributed by atoms with E-state index >= 15 is 0 Å². The first-order valence-corrected chi connectivity index (χ1v) is 15.3. The number of carbonyl (C=O) groups is 6. The molecule has 12 atom stereocenters. The van der Waals surface area contributed by atoms with E-state index in [4.69, 9.17) is 18.9 Å². The number of hydrogen-bond donors (Lipinski definition) is 0. The van der Waals surface area contributed by atoms with Gasteiger partial charge in [0, 0.05) is 11.1 Å². The molecule has 0 bridgehead atoms. The summed E-state index contributed by atoms with van der Waals surface area (Å²) >= 11 is 0. The Hall–Kier alpha value is -3.82. The van der Waals surface area contributed by atoms with Crippen LogP contribution in [0.4, 0.5) is 0 Å². The van der Waals surface area contributed by atoms with E-state index in [0.29, 0.717) is 12.8 Å². The quantitative estimate of drug-likeness (QED) is 0.260. The predicted molar refractivity (Wildman–Crippen MR) is 153 cm³/mol. The van der Waals surface area contributed by atoms with Crippen molar-refractivity contribution >= 4 is 35.4 Å². The molecule has 2 saturated heterocycles. The third-order valence-corrected chi connectivity index (χ3v) is 11.3. The highest BCUT2D eigenvalue weighted by Gasteiger charge is 2.63. The summed E-state index contributed by atoms with van der Waals surface area (Å²) in [5.41, 5.74) is -1.95. The zero-order chi connectivity index (χ0) is 31.9. The lowest BCUT2D eigenvalue weighted by atomic mass is 9.67. The standard InChI is InChI=1S/C34H38O10/c1-15-13-21-27(17(3)31(39)41-21)29(33(5)19(15)7-9-23(33)35)43-25(37)11-12-26(38)44-30-28-18(4)32(40)42-22(28)14-16(2)20-8-10-24(36)34(20,30)6/h7-10,15-16,19-22,27-30H,3-4,11-14H2,1-2,5-6H3/t15-,16-,19+,20+,21-,22-,27-,28-,29+,30+,33+,34+/m1/s1. The number of ether oxygens (including phenoxy) is 4. The van der Waals surface area contributed by atoms with E-state index in [0.717, 1.165) is 0 Å². The van der Waals surface area contributed by atoms with Crippen molar-refractivity contribution < 1.29 is 47.7 Å². The van der Waals surface area contributed by atoms with Crippen LogP contribution in [-0.2, 0) is 47.7 Å². The summed E-state index contributed by atoms with van der Waals surface area (Å²) in [6, 6.07) is 0. The van der Waals surface area contributed by atoms with Gasteiger partial charge in [-0.05, 0) is 62.5 Å². The molecule has 0 N–H and O–H groups in total. The Bertz CT molecular complexity index is 1350. The van der Waals surface area contributed by atoms with E-state index in [-0.39, 0.29) is 59.2 Å². The summed E-state index contributed by atoms with van der Waals surface area (Å²) in [7, 11) is 0. The summed E-state index contributed by atoms with van der Waals surface area (Å²) < 4.78 is 23.1. The van der Waals surface area contributed by atoms with Gasteiger partial charge in [0.05, 0.1) is 35.5 Å². The molecule has 0 radical (unpaired) electrons. The molecule has 6 rings (SSSR count). The summed E-state index contributed by atoms with van der Waals surface area (Å²) in [4.78, 5) is 78.1. The van der Waals surface area contributed by atoms with Crippen LogP contribution >= 0.6 is 0 Å². The molecule has 0 aromatic carbocycles. The fourth-order valence-corrected chi connectivity index (χ4v) is 8.90. The van der Waals surface area contributed by atoms with Crippen LogP contribution in [0, 0.1) is 46.3 Å². The molecular weight excluding hydrogens is 568 g/mol. The largest absolute Gasteiger partial charge is 0.460 e. The van der Waals surface area contributed by atoms with E-state index in [1.807, 2.05) is 26.0 Å². The van der Waals surface area contributed by atoms with Crippen LogP contribution in [-0.4, -0.2) is 59.9 Å². The van der Waals surface area contributed by atoms with Gasteiger partial charge in [-0.25, -0.2) is 9.59 Å². The first-order valence-electron chi connectivity index (χ1n) is 15.3. The topological polar surface area (TPSA) is 139 Å². The van der Waals surface area contributed by atoms with Crippen molar-refractivity contribution in [2.45, 2.75) is 77.8 Å². The summed E-state index contributed by atoms with van der Waals surface area (Å²) in [5.74, 6) is -4.99. The van der Waals surface area contributed by atoms with Gasteiger partial charge in [0.15, 0.2) is 11.6 Å². The molecule has 234 valence electrons. The Morgan fingerprint density at radius 1 is 0.750 bits per heavy atom. The van der Waals surface area contributed by atoms with Crippen LogP contribution in [0.5, 0.6) is 0 Å². The maximum atomic E-state index is 13.3. The van der Waals surface area contributed by atoms with E-state index in [2.05, 4.69) is 13.2 Å². The Balaban J connectivity index is 1.20. The van der Waals surface area contributed by atoms with Crippen LogP contribution in [0.25, 0.3) is 0 Å². The van der Waals surface area contributed by atoms with Gasteiger partial charge in [0.1, 0.15) is 24.4 Å². The number of esters is 4. The molecule has 6 aliphatic rings. The van der Waals surface area contributed by atoms with Crippen LogP contribution in [0.3, 0.4) is 0 Å². The zero-order valence-electron chi connectivity index (χ0n) is 25.4. The molecule has 10 heteroatoms. The van der Waals surface area contributed by atoms with Gasteiger partial charge in [-0.2, -0.15) is 0 Å². The van der Waals surface area contributed by atoms with Gasteiger partial charge < -0.3 is 18.9 Å². The van der Waals surface area contributed by atoms with Crippen molar-refractivity contribution in [2.24, 2.45) is 46.3 Å². The number of ketones is 2. The van der Waals surface area contributed by atoms with Crippen molar-refractivity contribution in [3.8, 4) is 0 Å². The van der Waals surface area contributed by atoms with Crippen LogP contribution in [0.15, 0.2) is 48.6 Å². The fourth-order valence-electron chi connectivity index (χ4n) is 8.90. The van der Waals surface area contributed by atoms with E-state index in [1.165, 1.54) is 12.2 Å². The van der Waals surface area contributed by atoms with Crippen molar-refractivity contribution in [3.05, 3.63) is 48.6 Å². The fraction of sp³-hybridized carbons (Fsp3) is 0.588. The van der Waals surface area contributed by atoms with Crippen LogP contribution in [0.2, 0.25) is 0 Å². The molecule has 4 fully saturated rings. The first kappa shape index (κ1) is 30.2. The molecule has 0 aromatic rings. The maximum Gasteiger partial charge on any atom is 0.334 e. The minimum Gasteiger partial charge on any atom is -0.460 e. The number of fused-ring (bicyclic) bond motifs is 4. The smallest absolute Gasteiger partial charge is 0.334 e. The Morgan fingerprint density at radius 2 is 1.11 bits per heavy atom. The molecule has 0 spiro atoms. The van der Waals surface area contributed by atoms with Crippen molar-refractivity contribution in [3.63, 3.8) is 0 Å². The molecule has 0 unspecified atom stereocenters. The summed E-state index contributed by atoms with van der Waals surface area (Å²) in [6.07, 6.45) is 3.67. The zero-order valence-corrected chi connectivity index (χ0v) is 25.4. The van der Waals surface area contributed by atoms with Crippen LogP contribution < -0.4 is 0 Å². The minimum absolute atomic E-state index is 0.0297. The van der Waals surface area contributed by atoms with Gasteiger partial charge in [-0.1, -0.05) is 39.2 Å². The molecular formula is C34H38O10. The van der Waals surface area contributed by atoms with E-state index in [1.54, 1.807) is 13.8 Å². The van der Waals surface area contributed by atoms with E-state index < -0.39 is 71.0 Å². The SMILES string of the molecule is C=C1C(=O)O[C@@H]2C[C@@H](C)[C@@H]3C=CC(=O)[C@@]3(C)[C@@H](OC(=O)CCC(=O)O[C@H]3[C@@H]4C(=C)C(=O)O[C@@H]4C[C@@H](C)[C@@H]4C=CC(=O)[C@]43C)[C@H]12. The highest BCUT2D eigenvalue weighted by molar-refractivity contribution is 6.00. The molecule has 2 saturated carbocycles. The lowest BCUT2D eigenvalue weighted by Crippen LogP contribution is -2.49. The van der Waals surface area contributed by atoms with Gasteiger partial charge in [-0.3, -0.25) is 19.2 Å². The average molecular weight is 607 g/mol. The van der Waals surface area contributed by atoms with Gasteiger partial charge in [-0.15, -0.1) is 0 Å². The Labute approximate surface area is 255 Å². The number of allylic oxidation sites excluding steroid dienone is 4. The molecule has 0 aromatic heterocycles. The number of hydrogen-bond acceptors (Lipinski definition) is 10. The van der Waals surface area contributed by atoms with Crippen molar-refractivity contribution in [2.75, 3.05) is 0 Å². The second-order valence-corrected chi connectivity index (χ2v) is 13.8. The third-order valence-electron chi connectivity index (χ3n) is 11.3. The average Bonchev–Trinajstić information content (AvgIpc) is 3.59. The first-order chi connectivity index (χ1) is 20.7. The highest BCUT2D eigenvalue weighted by Crippen LogP contribution is 2.56. The van der Waals surface area contributed by atoms with Gasteiger partial charge in [0.25, 0.3) is 0 Å². The molecule has 44 heavy (non-hydrogen) atoms. The van der Waals surface area contributed by atoms with Crippen molar-refractivity contribution in [1.29, 1.82) is 0 Å². The second kappa shape index (κ2) is 10.4.